The van der Waals surface area contributed by atoms with Crippen molar-refractivity contribution >= 4 is 10.0 Å². The molecule has 1 saturated heterocycles. The van der Waals surface area contributed by atoms with E-state index in [2.05, 4.69) is 23.7 Å². The largest absolute Gasteiger partial charge is 0.384 e. The van der Waals surface area contributed by atoms with Gasteiger partial charge in [-0.15, -0.1) is 0 Å². The second-order valence-electron chi connectivity index (χ2n) is 4.82. The Morgan fingerprint density at radius 1 is 1.14 bits per heavy atom. The molecule has 0 amide bonds. The zero-order valence-electron chi connectivity index (χ0n) is 12.1. The molecule has 1 aromatic rings. The summed E-state index contributed by atoms with van der Waals surface area (Å²) in [5.41, 5.74) is 0.693. The maximum atomic E-state index is 12.5. The van der Waals surface area contributed by atoms with Crippen LogP contribution in [0.2, 0.25) is 0 Å². The number of aliphatic hydroxyl groups excluding tert-OH is 1. The highest BCUT2D eigenvalue weighted by Gasteiger charge is 2.27. The fourth-order valence-corrected chi connectivity index (χ4v) is 3.71. The number of hydrogen-bond donors (Lipinski definition) is 1. The highest BCUT2D eigenvalue weighted by molar-refractivity contribution is 7.89. The van der Waals surface area contributed by atoms with Gasteiger partial charge < -0.3 is 10.0 Å². The van der Waals surface area contributed by atoms with Crippen LogP contribution in [0.4, 0.5) is 0 Å². The van der Waals surface area contributed by atoms with Gasteiger partial charge in [-0.3, -0.25) is 0 Å². The molecule has 1 N–H and O–H groups in total. The molecule has 0 aliphatic carbocycles. The van der Waals surface area contributed by atoms with E-state index in [-0.39, 0.29) is 6.61 Å². The number of aliphatic hydroxyl groups is 1. The molecule has 114 valence electrons. The number of likely N-dealkylation sites (N-methyl/N-ethyl adjacent to an activating group) is 1. The molecule has 1 heterocycles. The lowest BCUT2D eigenvalue weighted by atomic mass is 10.2. The Morgan fingerprint density at radius 3 is 2.29 bits per heavy atom. The number of rotatable bonds is 3. The molecule has 1 aromatic carbocycles. The van der Waals surface area contributed by atoms with Crippen LogP contribution in [0.15, 0.2) is 29.2 Å². The Hall–Kier alpha value is -1.39. The first-order chi connectivity index (χ1) is 10.1. The molecule has 1 fully saturated rings. The normalized spacial score (nSPS) is 17.2. The number of sulfonamides is 1. The van der Waals surface area contributed by atoms with Crippen molar-refractivity contribution in [3.63, 3.8) is 0 Å². The predicted octanol–water partition coefficient (Wildman–Crippen LogP) is 0.357. The van der Waals surface area contributed by atoms with Gasteiger partial charge >= 0.3 is 0 Å². The minimum atomic E-state index is -3.42. The Bertz CT molecular complexity index is 621. The van der Waals surface area contributed by atoms with Gasteiger partial charge in [-0.05, 0) is 30.8 Å². The van der Waals surface area contributed by atoms with Crippen LogP contribution in [0.1, 0.15) is 12.5 Å². The first-order valence-corrected chi connectivity index (χ1v) is 8.44. The summed E-state index contributed by atoms with van der Waals surface area (Å²) in [7, 11) is -3.42. The molecule has 1 aliphatic heterocycles. The van der Waals surface area contributed by atoms with E-state index in [1.165, 1.54) is 4.31 Å². The van der Waals surface area contributed by atoms with Crippen molar-refractivity contribution in [1.29, 1.82) is 0 Å². The monoisotopic (exact) mass is 308 g/mol. The number of benzene rings is 1. The zero-order valence-corrected chi connectivity index (χ0v) is 12.9. The summed E-state index contributed by atoms with van der Waals surface area (Å²) in [5.74, 6) is 5.29. The summed E-state index contributed by atoms with van der Waals surface area (Å²) in [5, 5.41) is 8.64. The Morgan fingerprint density at radius 2 is 1.76 bits per heavy atom. The van der Waals surface area contributed by atoms with Gasteiger partial charge in [-0.2, -0.15) is 4.31 Å². The molecule has 0 atom stereocenters. The summed E-state index contributed by atoms with van der Waals surface area (Å²) in [6, 6.07) is 6.47. The van der Waals surface area contributed by atoms with Crippen LogP contribution in [0.25, 0.3) is 0 Å². The molecule has 1 aliphatic rings. The van der Waals surface area contributed by atoms with E-state index in [1.807, 2.05) is 0 Å². The molecule has 0 aromatic heterocycles. The van der Waals surface area contributed by atoms with Crippen molar-refractivity contribution < 1.29 is 13.5 Å². The molecular formula is C15H20N2O3S. The molecule has 21 heavy (non-hydrogen) atoms. The third-order valence-electron chi connectivity index (χ3n) is 3.58. The third kappa shape index (κ3) is 3.83. The molecule has 0 unspecified atom stereocenters. The summed E-state index contributed by atoms with van der Waals surface area (Å²) in [4.78, 5) is 2.53. The lowest BCUT2D eigenvalue weighted by Crippen LogP contribution is -2.48. The molecule has 2 rings (SSSR count). The van der Waals surface area contributed by atoms with Crippen LogP contribution in [-0.2, 0) is 10.0 Å². The molecular weight excluding hydrogens is 288 g/mol. The van der Waals surface area contributed by atoms with Crippen molar-refractivity contribution in [1.82, 2.24) is 9.21 Å². The zero-order chi connectivity index (χ0) is 15.3. The van der Waals surface area contributed by atoms with E-state index in [9.17, 15) is 8.42 Å². The SMILES string of the molecule is CCN1CCN(S(=O)(=O)c2ccc(C#CCO)cc2)CC1. The second kappa shape index (κ2) is 7.05. The van der Waals surface area contributed by atoms with Gasteiger partial charge in [0.2, 0.25) is 10.0 Å². The van der Waals surface area contributed by atoms with E-state index >= 15 is 0 Å². The maximum Gasteiger partial charge on any atom is 0.243 e. The predicted molar refractivity (Wildman–Crippen MR) is 81.3 cm³/mol. The van der Waals surface area contributed by atoms with Crippen LogP contribution in [-0.4, -0.2) is 62.1 Å². The Balaban J connectivity index is 2.13. The van der Waals surface area contributed by atoms with Crippen molar-refractivity contribution in [2.45, 2.75) is 11.8 Å². The molecule has 0 spiro atoms. The first-order valence-electron chi connectivity index (χ1n) is 7.00. The van der Waals surface area contributed by atoms with Crippen LogP contribution in [0.3, 0.4) is 0 Å². The Labute approximate surface area is 126 Å². The highest BCUT2D eigenvalue weighted by atomic mass is 32.2. The van der Waals surface area contributed by atoms with Crippen LogP contribution in [0, 0.1) is 11.8 Å². The van der Waals surface area contributed by atoms with E-state index in [1.54, 1.807) is 24.3 Å². The van der Waals surface area contributed by atoms with E-state index in [4.69, 9.17) is 5.11 Å². The lowest BCUT2D eigenvalue weighted by molar-refractivity contribution is 0.196. The fourth-order valence-electron chi connectivity index (χ4n) is 2.29. The standard InChI is InChI=1S/C15H20N2O3S/c1-2-16-9-11-17(12-10-16)21(19,20)15-7-5-14(6-8-15)4-3-13-18/h5-8,18H,2,9-13H2,1H3. The lowest BCUT2D eigenvalue weighted by Gasteiger charge is -2.33. The summed E-state index contributed by atoms with van der Waals surface area (Å²) in [6.45, 7) is 5.43. The van der Waals surface area contributed by atoms with Gasteiger partial charge in [0.25, 0.3) is 0 Å². The molecule has 5 nitrogen and oxygen atoms in total. The van der Waals surface area contributed by atoms with Crippen LogP contribution < -0.4 is 0 Å². The van der Waals surface area contributed by atoms with E-state index in [0.29, 0.717) is 23.5 Å². The molecule has 0 radical (unpaired) electrons. The van der Waals surface area contributed by atoms with Crippen LogP contribution >= 0.6 is 0 Å². The van der Waals surface area contributed by atoms with Crippen molar-refractivity contribution in [3.8, 4) is 11.8 Å². The van der Waals surface area contributed by atoms with Gasteiger partial charge in [0.05, 0.1) is 4.90 Å². The van der Waals surface area contributed by atoms with Gasteiger partial charge in [0.1, 0.15) is 6.61 Å². The van der Waals surface area contributed by atoms with Crippen molar-refractivity contribution in [2.24, 2.45) is 0 Å². The van der Waals surface area contributed by atoms with Gasteiger partial charge in [-0.25, -0.2) is 8.42 Å². The number of hydrogen-bond acceptors (Lipinski definition) is 4. The minimum absolute atomic E-state index is 0.207. The maximum absolute atomic E-state index is 12.5. The van der Waals surface area contributed by atoms with Gasteiger partial charge in [0, 0.05) is 31.7 Å². The van der Waals surface area contributed by atoms with Crippen molar-refractivity contribution in [3.05, 3.63) is 29.8 Å². The summed E-state index contributed by atoms with van der Waals surface area (Å²) < 4.78 is 26.6. The van der Waals surface area contributed by atoms with Gasteiger partial charge in [-0.1, -0.05) is 18.8 Å². The van der Waals surface area contributed by atoms with Gasteiger partial charge in [0.15, 0.2) is 0 Å². The average molecular weight is 308 g/mol. The molecule has 0 bridgehead atoms. The third-order valence-corrected chi connectivity index (χ3v) is 5.50. The second-order valence-corrected chi connectivity index (χ2v) is 6.76. The van der Waals surface area contributed by atoms with Crippen LogP contribution in [0.5, 0.6) is 0 Å². The molecule has 6 heteroatoms. The average Bonchev–Trinajstić information content (AvgIpc) is 2.53. The smallest absolute Gasteiger partial charge is 0.243 e. The Kier molecular flexibility index (Phi) is 5.37. The summed E-state index contributed by atoms with van der Waals surface area (Å²) in [6.07, 6.45) is 0. The first kappa shape index (κ1) is 16.0. The van der Waals surface area contributed by atoms with Crippen molar-refractivity contribution in [2.75, 3.05) is 39.3 Å². The fraction of sp³-hybridized carbons (Fsp3) is 0.467. The topological polar surface area (TPSA) is 60.9 Å². The van der Waals surface area contributed by atoms with E-state index in [0.717, 1.165) is 19.6 Å². The highest BCUT2D eigenvalue weighted by Crippen LogP contribution is 2.18. The molecule has 0 saturated carbocycles. The number of nitrogens with zero attached hydrogens (tertiary/aromatic N) is 2. The summed E-state index contributed by atoms with van der Waals surface area (Å²) >= 11 is 0. The number of piperazine rings is 1. The quantitative estimate of drug-likeness (QED) is 0.819. The minimum Gasteiger partial charge on any atom is -0.384 e. The van der Waals surface area contributed by atoms with E-state index < -0.39 is 10.0 Å².